The minimum atomic E-state index is -1.36. The van der Waals surface area contributed by atoms with Gasteiger partial charge in [-0.1, -0.05) is 199 Å². The molecule has 364 valence electrons. The van der Waals surface area contributed by atoms with Crippen LogP contribution in [0.1, 0.15) is 44.6 Å². The second kappa shape index (κ2) is 21.8. The molecule has 2 aliphatic rings. The van der Waals surface area contributed by atoms with E-state index < -0.39 is 40.3 Å². The van der Waals surface area contributed by atoms with E-state index in [-0.39, 0.29) is 29.6 Å². The molecule has 11 nitrogen and oxygen atoms in total. The summed E-state index contributed by atoms with van der Waals surface area (Å²) in [5.41, 5.74) is 4.26. The molecular weight excluding hydrogens is 974 g/mol. The molecule has 0 spiro atoms. The van der Waals surface area contributed by atoms with Gasteiger partial charge in [-0.3, -0.25) is 14.5 Å². The van der Waals surface area contributed by atoms with Crippen LogP contribution in [0.5, 0.6) is 5.75 Å². The quantitative estimate of drug-likeness (QED) is 0.0215. The summed E-state index contributed by atoms with van der Waals surface area (Å²) < 4.78 is 11.0. The fourth-order valence-corrected chi connectivity index (χ4v) is 11.7. The molecule has 2 amide bonds. The maximum absolute atomic E-state index is 15.2. The highest BCUT2D eigenvalue weighted by Crippen LogP contribution is 2.44. The van der Waals surface area contributed by atoms with Crippen molar-refractivity contribution in [2.75, 3.05) is 24.1 Å². The molecule has 1 aromatic heterocycles. The zero-order valence-corrected chi connectivity index (χ0v) is 41.9. The lowest BCUT2D eigenvalue weighted by Crippen LogP contribution is -2.71. The minimum Gasteiger partial charge on any atom is -0.497 e. The van der Waals surface area contributed by atoms with Gasteiger partial charge in [-0.25, -0.2) is 9.78 Å². The number of fused-ring (bicyclic) bond motifs is 1. The fourth-order valence-electron chi connectivity index (χ4n) is 9.30. The number of carbonyl (C=O) groups is 3. The first-order valence-electron chi connectivity index (χ1n) is 23.5. The number of β-lactam (4-membered cyclic amide) rings is 1. The molecule has 2 aliphatic heterocycles. The number of thioether (sulfide) groups is 1. The molecule has 14 heteroatoms. The highest BCUT2D eigenvalue weighted by molar-refractivity contribution is 8.00. The first-order valence-corrected chi connectivity index (χ1v) is 26.0. The highest BCUT2D eigenvalue weighted by atomic mass is 35.5. The van der Waals surface area contributed by atoms with Crippen LogP contribution in [0, 0.1) is 0 Å². The maximum Gasteiger partial charge on any atom is 0.355 e. The number of carbonyl (C=O) groups excluding carboxylic acids is 3. The number of aromatic nitrogens is 1. The van der Waals surface area contributed by atoms with E-state index in [1.807, 2.05) is 146 Å². The van der Waals surface area contributed by atoms with Crippen LogP contribution in [0.4, 0.5) is 5.13 Å². The number of benzene rings is 7. The van der Waals surface area contributed by atoms with E-state index >= 15 is 4.79 Å². The Bertz CT molecular complexity index is 3060. The van der Waals surface area contributed by atoms with Gasteiger partial charge >= 0.3 is 5.97 Å². The number of alkyl halides is 1. The van der Waals surface area contributed by atoms with E-state index in [1.165, 1.54) is 28.0 Å². The van der Waals surface area contributed by atoms with E-state index in [4.69, 9.17) is 36.1 Å². The molecule has 1 fully saturated rings. The number of ether oxygens (including phenoxy) is 2. The number of nitrogens with one attached hydrogen (secondary N) is 2. The predicted octanol–water partition coefficient (Wildman–Crippen LogP) is 10.9. The zero-order chi connectivity index (χ0) is 50.2. The molecule has 8 aromatic rings. The number of halogens is 1. The molecule has 7 aromatic carbocycles. The summed E-state index contributed by atoms with van der Waals surface area (Å²) in [6.07, 6.45) is 0. The smallest absolute Gasteiger partial charge is 0.355 e. The van der Waals surface area contributed by atoms with Crippen LogP contribution in [0.15, 0.2) is 228 Å². The van der Waals surface area contributed by atoms with Gasteiger partial charge in [0.2, 0.25) is 5.60 Å². The van der Waals surface area contributed by atoms with Gasteiger partial charge in [-0.2, -0.15) is 0 Å². The lowest BCUT2D eigenvalue weighted by molar-refractivity contribution is -0.153. The molecule has 0 saturated carbocycles. The number of methoxy groups -OCH3 is 1. The molecule has 2 atom stereocenters. The molecule has 2 N–H and O–H groups in total. The average molecular weight is 1020 g/mol. The van der Waals surface area contributed by atoms with E-state index in [0.717, 1.165) is 38.9 Å². The normalized spacial score (nSPS) is 15.7. The molecule has 1 saturated heterocycles. The molecule has 0 bridgehead atoms. The van der Waals surface area contributed by atoms with Crippen molar-refractivity contribution in [2.24, 2.45) is 5.16 Å². The van der Waals surface area contributed by atoms with Crippen LogP contribution < -0.4 is 15.4 Å². The Kier molecular flexibility index (Phi) is 14.5. The Hall–Kier alpha value is -7.97. The monoisotopic (exact) mass is 1020 g/mol. The Morgan fingerprint density at radius 1 is 0.699 bits per heavy atom. The molecule has 0 radical (unpaired) electrons. The summed E-state index contributed by atoms with van der Waals surface area (Å²) in [4.78, 5) is 56.8. The van der Waals surface area contributed by atoms with Gasteiger partial charge in [0.15, 0.2) is 10.8 Å². The third kappa shape index (κ3) is 9.62. The third-order valence-corrected chi connectivity index (χ3v) is 15.3. The summed E-state index contributed by atoms with van der Waals surface area (Å²) in [6.45, 7) is -0.0359. The van der Waals surface area contributed by atoms with Crippen LogP contribution in [-0.2, 0) is 41.7 Å². The van der Waals surface area contributed by atoms with Crippen molar-refractivity contribution in [1.29, 1.82) is 0 Å². The Balaban J connectivity index is 1.03. The molecule has 1 unspecified atom stereocenters. The number of anilines is 1. The van der Waals surface area contributed by atoms with Crippen LogP contribution in [0.3, 0.4) is 0 Å². The van der Waals surface area contributed by atoms with Crippen LogP contribution in [0.2, 0.25) is 0 Å². The van der Waals surface area contributed by atoms with Gasteiger partial charge in [-0.05, 0) is 40.0 Å². The van der Waals surface area contributed by atoms with Crippen molar-refractivity contribution in [3.8, 4) is 5.75 Å². The second-order valence-corrected chi connectivity index (χ2v) is 19.4. The van der Waals surface area contributed by atoms with Gasteiger partial charge in [0.25, 0.3) is 11.8 Å². The number of thiazole rings is 1. The van der Waals surface area contributed by atoms with Gasteiger partial charge in [0.1, 0.15) is 40.7 Å². The van der Waals surface area contributed by atoms with Gasteiger partial charge in [0, 0.05) is 33.7 Å². The van der Waals surface area contributed by atoms with E-state index in [9.17, 15) is 9.59 Å². The van der Waals surface area contributed by atoms with Crippen LogP contribution in [-0.4, -0.2) is 63.5 Å². The predicted molar refractivity (Wildman–Crippen MR) is 287 cm³/mol. The van der Waals surface area contributed by atoms with Gasteiger partial charge in [0.05, 0.1) is 7.11 Å². The van der Waals surface area contributed by atoms with Crippen molar-refractivity contribution in [3.63, 3.8) is 0 Å². The minimum absolute atomic E-state index is 0.00787. The zero-order valence-electron chi connectivity index (χ0n) is 39.5. The summed E-state index contributed by atoms with van der Waals surface area (Å²) in [5, 5.41) is 13.2. The Labute approximate surface area is 436 Å². The number of nitrogens with zero attached hydrogens (tertiary/aromatic N) is 3. The second-order valence-electron chi connectivity index (χ2n) is 17.2. The SMILES string of the molecule is COc1ccc(COC(=O)C2=C(CCl)CS[C@H]3C(NC(=O)C(=NOC(c4ccccc4)(c4ccccc4)c4ccccc4)c4csc(NC(c5ccccc5)(c5ccccc5)c5ccccc5)n4)C(=O)N23)cc1. The summed E-state index contributed by atoms with van der Waals surface area (Å²) in [6, 6.07) is 65.6. The third-order valence-electron chi connectivity index (χ3n) is 12.9. The number of esters is 1. The van der Waals surface area contributed by atoms with Crippen molar-refractivity contribution in [3.05, 3.63) is 268 Å². The number of oxime groups is 1. The van der Waals surface area contributed by atoms with Gasteiger partial charge < -0.3 is 24.9 Å². The van der Waals surface area contributed by atoms with Crippen LogP contribution in [0.25, 0.3) is 0 Å². The first-order chi connectivity index (χ1) is 35.8. The summed E-state index contributed by atoms with van der Waals surface area (Å²) in [7, 11) is 1.57. The summed E-state index contributed by atoms with van der Waals surface area (Å²) >= 11 is 9.09. The lowest BCUT2D eigenvalue weighted by Gasteiger charge is -2.49. The Morgan fingerprint density at radius 3 is 1.64 bits per heavy atom. The Morgan fingerprint density at radius 2 is 1.18 bits per heavy atom. The standard InChI is InChI=1S/C59H48ClN5O6S2/c1-69-48-34-32-40(33-35-48)37-70-56(68)52-41(36-60)38-72-55-51(54(67)65(52)55)62-53(66)50(64-71-59(45-26-14-5-15-27-45,46-28-16-6-17-29-46)47-30-18-7-19-31-47)49-39-73-57(61-49)63-58(42-20-8-2-9-21-42,43-22-10-3-11-23-43)44-24-12-4-13-25-44/h2-35,39,51,55H,36-38H2,1H3,(H,61,63)(H,62,66)/t51?,55-/m0/s1. The maximum atomic E-state index is 15.2. The van der Waals surface area contributed by atoms with Crippen molar-refractivity contribution >= 4 is 63.3 Å². The number of amides is 2. The molecule has 73 heavy (non-hydrogen) atoms. The molecule has 3 heterocycles. The van der Waals surface area contributed by atoms with E-state index in [1.54, 1.807) is 36.8 Å². The number of hydrogen-bond acceptors (Lipinski definition) is 11. The lowest BCUT2D eigenvalue weighted by atomic mass is 9.77. The van der Waals surface area contributed by atoms with Crippen molar-refractivity contribution in [2.45, 2.75) is 29.2 Å². The fraction of sp³-hybridized carbons (Fsp3) is 0.136. The number of hydrogen-bond donors (Lipinski definition) is 2. The highest BCUT2D eigenvalue weighted by Gasteiger charge is 2.55. The largest absolute Gasteiger partial charge is 0.497 e. The van der Waals surface area contributed by atoms with E-state index in [0.29, 0.717) is 22.2 Å². The van der Waals surface area contributed by atoms with E-state index in [2.05, 4.69) is 47.0 Å². The van der Waals surface area contributed by atoms with Gasteiger partial charge in [-0.15, -0.1) is 34.7 Å². The van der Waals surface area contributed by atoms with Crippen molar-refractivity contribution < 1.29 is 28.7 Å². The molecule has 0 aliphatic carbocycles. The topological polar surface area (TPSA) is 131 Å². The first kappa shape index (κ1) is 48.6. The molecule has 10 rings (SSSR count). The van der Waals surface area contributed by atoms with Crippen LogP contribution >= 0.6 is 34.7 Å². The molecular formula is C59H48ClN5O6S2. The average Bonchev–Trinajstić information content (AvgIpc) is 3.93. The number of rotatable bonds is 18. The summed E-state index contributed by atoms with van der Waals surface area (Å²) in [5.74, 6) is -0.897. The van der Waals surface area contributed by atoms with Crippen molar-refractivity contribution in [1.82, 2.24) is 15.2 Å².